The molecular weight excluding hydrogens is 398 g/mol. The van der Waals surface area contributed by atoms with Gasteiger partial charge in [-0.15, -0.1) is 0 Å². The average molecular weight is 412 g/mol. The summed E-state index contributed by atoms with van der Waals surface area (Å²) in [6.45, 7) is 1.35. The minimum Gasteiger partial charge on any atom is -0.449 e. The quantitative estimate of drug-likeness (QED) is 0.228. The first kappa shape index (κ1) is 21.1. The van der Waals surface area contributed by atoms with E-state index in [9.17, 15) is 28.5 Å². The smallest absolute Gasteiger partial charge is 0.433 e. The third-order valence-electron chi connectivity index (χ3n) is 3.19. The third-order valence-corrected chi connectivity index (χ3v) is 3.91. The molecule has 1 atom stereocenters. The van der Waals surface area contributed by atoms with E-state index < -0.39 is 34.5 Å². The number of anilines is 1. The molecule has 0 aliphatic rings. The Morgan fingerprint density at radius 2 is 1.93 bits per heavy atom. The number of carbonyl (C=O) groups excluding carboxylic acids is 2. The number of thioether (sulfide) groups is 1. The fourth-order valence-corrected chi connectivity index (χ4v) is 2.41. The van der Waals surface area contributed by atoms with Crippen molar-refractivity contribution in [3.05, 3.63) is 58.3 Å². The molecule has 28 heavy (non-hydrogen) atoms. The van der Waals surface area contributed by atoms with Crippen molar-refractivity contribution in [3.63, 3.8) is 0 Å². The number of amides is 1. The summed E-state index contributed by atoms with van der Waals surface area (Å²) in [5, 5.41) is 13.0. The number of halogens is 2. The Hall–Kier alpha value is -3.21. The van der Waals surface area contributed by atoms with Crippen molar-refractivity contribution in [1.29, 1.82) is 0 Å². The lowest BCUT2D eigenvalue weighted by Crippen LogP contribution is -2.29. The second-order valence-corrected chi connectivity index (χ2v) is 6.30. The molecule has 0 spiro atoms. The summed E-state index contributed by atoms with van der Waals surface area (Å²) in [4.78, 5) is 33.9. The van der Waals surface area contributed by atoms with Crippen LogP contribution in [-0.2, 0) is 14.3 Å². The number of nitro groups is 1. The van der Waals surface area contributed by atoms with Crippen LogP contribution in [0.2, 0.25) is 0 Å². The molecule has 0 fully saturated rings. The van der Waals surface area contributed by atoms with E-state index in [1.807, 2.05) is 0 Å². The summed E-state index contributed by atoms with van der Waals surface area (Å²) in [5.74, 6) is -4.42. The lowest BCUT2D eigenvalue weighted by molar-refractivity contribution is -0.402. The standard InChI is InChI=1S/C17H14F2N2O6S/c1-10(16(23)20-11-2-6-13(7-3-11)28-17(18)19)26-15(22)9-5-12-4-8-14(27-12)21(24)25/h2-10,17H,1H3,(H,20,23)/b9-5+/t10-/m0/s1. The van der Waals surface area contributed by atoms with E-state index in [1.54, 1.807) is 0 Å². The maximum atomic E-state index is 12.3. The van der Waals surface area contributed by atoms with Crippen molar-refractivity contribution < 1.29 is 32.4 Å². The van der Waals surface area contributed by atoms with Crippen LogP contribution in [0.5, 0.6) is 0 Å². The van der Waals surface area contributed by atoms with E-state index >= 15 is 0 Å². The zero-order chi connectivity index (χ0) is 20.7. The van der Waals surface area contributed by atoms with Crippen LogP contribution < -0.4 is 5.32 Å². The van der Waals surface area contributed by atoms with Crippen molar-refractivity contribution in [1.82, 2.24) is 0 Å². The van der Waals surface area contributed by atoms with E-state index in [2.05, 4.69) is 5.32 Å². The van der Waals surface area contributed by atoms with Gasteiger partial charge in [0.1, 0.15) is 10.7 Å². The van der Waals surface area contributed by atoms with Crippen LogP contribution in [0.15, 0.2) is 51.8 Å². The van der Waals surface area contributed by atoms with E-state index in [0.29, 0.717) is 22.3 Å². The zero-order valence-corrected chi connectivity index (χ0v) is 15.2. The third kappa shape index (κ3) is 6.50. The van der Waals surface area contributed by atoms with Crippen molar-refractivity contribution >= 4 is 41.3 Å². The van der Waals surface area contributed by atoms with Crippen LogP contribution in [0, 0.1) is 10.1 Å². The molecule has 1 amide bonds. The van der Waals surface area contributed by atoms with Gasteiger partial charge in [-0.3, -0.25) is 14.9 Å². The van der Waals surface area contributed by atoms with Crippen molar-refractivity contribution in [3.8, 4) is 0 Å². The normalized spacial score (nSPS) is 12.1. The van der Waals surface area contributed by atoms with Crippen LogP contribution in [0.1, 0.15) is 12.7 Å². The molecule has 0 aliphatic carbocycles. The molecule has 0 bridgehead atoms. The summed E-state index contributed by atoms with van der Waals surface area (Å²) in [5.41, 5.74) is 0.352. The molecule has 8 nitrogen and oxygen atoms in total. The molecule has 0 saturated heterocycles. The van der Waals surface area contributed by atoms with Crippen molar-refractivity contribution in [2.24, 2.45) is 0 Å². The number of hydrogen-bond acceptors (Lipinski definition) is 7. The highest BCUT2D eigenvalue weighted by Gasteiger charge is 2.17. The van der Waals surface area contributed by atoms with Gasteiger partial charge in [-0.1, -0.05) is 11.8 Å². The predicted molar refractivity (Wildman–Crippen MR) is 96.9 cm³/mol. The molecule has 0 unspecified atom stereocenters. The Kier molecular flexibility index (Phi) is 7.27. The van der Waals surface area contributed by atoms with E-state index in [-0.39, 0.29) is 5.76 Å². The molecule has 1 heterocycles. The van der Waals surface area contributed by atoms with Crippen LogP contribution >= 0.6 is 11.8 Å². The monoisotopic (exact) mass is 412 g/mol. The fourth-order valence-electron chi connectivity index (χ4n) is 1.91. The number of nitrogens with zero attached hydrogens (tertiary/aromatic N) is 1. The van der Waals surface area contributed by atoms with Crippen LogP contribution in [0.4, 0.5) is 20.4 Å². The second-order valence-electron chi connectivity index (χ2n) is 5.24. The van der Waals surface area contributed by atoms with Crippen molar-refractivity contribution in [2.75, 3.05) is 5.32 Å². The fraction of sp³-hybridized carbons (Fsp3) is 0.176. The molecule has 0 saturated carbocycles. The van der Waals surface area contributed by atoms with Gasteiger partial charge in [0.15, 0.2) is 6.10 Å². The highest BCUT2D eigenvalue weighted by Crippen LogP contribution is 2.26. The van der Waals surface area contributed by atoms with Gasteiger partial charge < -0.3 is 14.5 Å². The summed E-state index contributed by atoms with van der Waals surface area (Å²) >= 11 is 0.379. The summed E-state index contributed by atoms with van der Waals surface area (Å²) in [6, 6.07) is 8.17. The summed E-state index contributed by atoms with van der Waals surface area (Å²) < 4.78 is 34.3. The van der Waals surface area contributed by atoms with Gasteiger partial charge in [-0.05, 0) is 43.3 Å². The Morgan fingerprint density at radius 1 is 1.25 bits per heavy atom. The summed E-state index contributed by atoms with van der Waals surface area (Å²) in [7, 11) is 0. The summed E-state index contributed by atoms with van der Waals surface area (Å²) in [6.07, 6.45) is 0.986. The van der Waals surface area contributed by atoms with Gasteiger partial charge in [0, 0.05) is 16.7 Å². The van der Waals surface area contributed by atoms with Gasteiger partial charge in [0.2, 0.25) is 0 Å². The highest BCUT2D eigenvalue weighted by atomic mass is 32.2. The molecular formula is C17H14F2N2O6S. The average Bonchev–Trinajstić information content (AvgIpc) is 3.10. The number of ether oxygens (including phenoxy) is 1. The SMILES string of the molecule is C[C@H](OC(=O)/C=C/c1ccc([N+](=O)[O-])o1)C(=O)Nc1ccc(SC(F)F)cc1. The maximum absolute atomic E-state index is 12.3. The molecule has 0 aliphatic heterocycles. The largest absolute Gasteiger partial charge is 0.449 e. The molecule has 2 rings (SSSR count). The Morgan fingerprint density at radius 3 is 2.50 bits per heavy atom. The van der Waals surface area contributed by atoms with E-state index in [4.69, 9.17) is 9.15 Å². The first-order valence-corrected chi connectivity index (χ1v) is 8.61. The van der Waals surface area contributed by atoms with Gasteiger partial charge in [-0.25, -0.2) is 4.79 Å². The number of nitrogens with one attached hydrogen (secondary N) is 1. The number of rotatable bonds is 8. The predicted octanol–water partition coefficient (Wildman–Crippen LogP) is 4.09. The number of furan rings is 1. The number of carbonyl (C=O) groups is 2. The molecule has 1 aromatic carbocycles. The van der Waals surface area contributed by atoms with Gasteiger partial charge >= 0.3 is 11.9 Å². The topological polar surface area (TPSA) is 112 Å². The van der Waals surface area contributed by atoms with Crippen LogP contribution in [0.3, 0.4) is 0 Å². The Bertz CT molecular complexity index is 882. The van der Waals surface area contributed by atoms with E-state index in [1.165, 1.54) is 43.3 Å². The first-order valence-electron chi connectivity index (χ1n) is 7.73. The lowest BCUT2D eigenvalue weighted by Gasteiger charge is -2.12. The molecule has 11 heteroatoms. The van der Waals surface area contributed by atoms with Crippen LogP contribution in [-0.4, -0.2) is 28.7 Å². The number of benzene rings is 1. The molecule has 2 aromatic rings. The minimum atomic E-state index is -2.54. The molecule has 0 radical (unpaired) electrons. The van der Waals surface area contributed by atoms with Gasteiger partial charge in [0.05, 0.1) is 6.07 Å². The Labute approximate surface area is 161 Å². The number of alkyl halides is 2. The molecule has 1 N–H and O–H groups in total. The highest BCUT2D eigenvalue weighted by molar-refractivity contribution is 7.99. The van der Waals surface area contributed by atoms with Crippen LogP contribution in [0.25, 0.3) is 6.08 Å². The van der Waals surface area contributed by atoms with E-state index in [0.717, 1.165) is 12.1 Å². The minimum absolute atomic E-state index is 0.0718. The first-order chi connectivity index (χ1) is 13.2. The maximum Gasteiger partial charge on any atom is 0.433 e. The zero-order valence-electron chi connectivity index (χ0n) is 14.3. The van der Waals surface area contributed by atoms with Gasteiger partial charge in [-0.2, -0.15) is 8.78 Å². The van der Waals surface area contributed by atoms with Crippen molar-refractivity contribution in [2.45, 2.75) is 23.7 Å². The Balaban J connectivity index is 1.86. The lowest BCUT2D eigenvalue weighted by atomic mass is 10.3. The second kappa shape index (κ2) is 9.65. The number of hydrogen-bond donors (Lipinski definition) is 1. The molecule has 1 aromatic heterocycles. The van der Waals surface area contributed by atoms with Gasteiger partial charge in [0.25, 0.3) is 11.7 Å². The molecule has 148 valence electrons. The number of esters is 1.